The second-order valence-electron chi connectivity index (χ2n) is 5.88. The Balaban J connectivity index is 1.62. The zero-order chi connectivity index (χ0) is 17.6. The van der Waals surface area contributed by atoms with Crippen molar-refractivity contribution in [3.8, 4) is 17.1 Å². The zero-order valence-electron chi connectivity index (χ0n) is 14.3. The number of ether oxygens (including phenoxy) is 1. The summed E-state index contributed by atoms with van der Waals surface area (Å²) in [5, 5.41) is 10.3. The molecule has 0 radical (unpaired) electrons. The quantitative estimate of drug-likeness (QED) is 0.812. The van der Waals surface area contributed by atoms with E-state index in [-0.39, 0.29) is 18.0 Å². The Labute approximate surface area is 150 Å². The SMILES string of the molecule is COc1ccccc1-c1noc(C(C)NC(=O)CC2CSCCN2)n1. The van der Waals surface area contributed by atoms with Gasteiger partial charge in [-0.05, 0) is 19.1 Å². The number of amides is 1. The number of rotatable bonds is 6. The fourth-order valence-corrected chi connectivity index (χ4v) is 3.64. The van der Waals surface area contributed by atoms with Gasteiger partial charge in [0.15, 0.2) is 0 Å². The topological polar surface area (TPSA) is 89.3 Å². The summed E-state index contributed by atoms with van der Waals surface area (Å²) < 4.78 is 10.6. The molecule has 1 saturated heterocycles. The minimum atomic E-state index is -0.347. The molecule has 7 nitrogen and oxygen atoms in total. The molecule has 25 heavy (non-hydrogen) atoms. The number of nitrogens with zero attached hydrogens (tertiary/aromatic N) is 2. The normalized spacial score (nSPS) is 18.6. The molecule has 1 amide bonds. The molecule has 3 rings (SSSR count). The lowest BCUT2D eigenvalue weighted by atomic mass is 10.2. The van der Waals surface area contributed by atoms with Crippen LogP contribution in [0.1, 0.15) is 25.3 Å². The van der Waals surface area contributed by atoms with Gasteiger partial charge < -0.3 is 19.9 Å². The molecule has 2 unspecified atom stereocenters. The van der Waals surface area contributed by atoms with Gasteiger partial charge in [0.1, 0.15) is 11.8 Å². The van der Waals surface area contributed by atoms with Gasteiger partial charge in [-0.2, -0.15) is 16.7 Å². The van der Waals surface area contributed by atoms with Crippen molar-refractivity contribution in [1.29, 1.82) is 0 Å². The Morgan fingerprint density at radius 2 is 2.36 bits per heavy atom. The smallest absolute Gasteiger partial charge is 0.249 e. The highest BCUT2D eigenvalue weighted by molar-refractivity contribution is 7.99. The van der Waals surface area contributed by atoms with Crippen LogP contribution in [0, 0.1) is 0 Å². The molecule has 2 heterocycles. The molecule has 0 spiro atoms. The van der Waals surface area contributed by atoms with E-state index in [0.29, 0.717) is 23.9 Å². The second kappa shape index (κ2) is 8.35. The highest BCUT2D eigenvalue weighted by atomic mass is 32.2. The Morgan fingerprint density at radius 1 is 1.52 bits per heavy atom. The van der Waals surface area contributed by atoms with Crippen LogP contribution in [0.4, 0.5) is 0 Å². The molecule has 0 aliphatic carbocycles. The molecule has 0 bridgehead atoms. The fourth-order valence-electron chi connectivity index (χ4n) is 2.69. The summed E-state index contributed by atoms with van der Waals surface area (Å²) in [5.41, 5.74) is 0.752. The van der Waals surface area contributed by atoms with Crippen LogP contribution in [0.15, 0.2) is 28.8 Å². The maximum atomic E-state index is 12.2. The summed E-state index contributed by atoms with van der Waals surface area (Å²) in [5.74, 6) is 3.53. The number of hydrogen-bond donors (Lipinski definition) is 2. The molecular weight excluding hydrogens is 340 g/mol. The molecular formula is C17H22N4O3S. The number of nitrogens with one attached hydrogen (secondary N) is 2. The third-order valence-corrected chi connectivity index (χ3v) is 5.10. The lowest BCUT2D eigenvalue weighted by Gasteiger charge is -2.23. The van der Waals surface area contributed by atoms with Gasteiger partial charge in [-0.1, -0.05) is 17.3 Å². The number of carbonyl (C=O) groups excluding carboxylic acids is 1. The van der Waals surface area contributed by atoms with Crippen LogP contribution in [0.5, 0.6) is 5.75 Å². The van der Waals surface area contributed by atoms with Crippen molar-refractivity contribution in [2.24, 2.45) is 0 Å². The number of carbonyl (C=O) groups is 1. The molecule has 2 atom stereocenters. The molecule has 1 aliphatic heterocycles. The van der Waals surface area contributed by atoms with Crippen molar-refractivity contribution in [2.75, 3.05) is 25.2 Å². The van der Waals surface area contributed by atoms with Gasteiger partial charge in [-0.25, -0.2) is 0 Å². The number of para-hydroxylation sites is 1. The Morgan fingerprint density at radius 3 is 3.12 bits per heavy atom. The summed E-state index contributed by atoms with van der Waals surface area (Å²) >= 11 is 1.87. The average molecular weight is 362 g/mol. The van der Waals surface area contributed by atoms with Crippen molar-refractivity contribution < 1.29 is 14.1 Å². The van der Waals surface area contributed by atoms with Crippen LogP contribution in [0.3, 0.4) is 0 Å². The maximum Gasteiger partial charge on any atom is 0.249 e. The molecule has 1 fully saturated rings. The molecule has 2 aromatic rings. The van der Waals surface area contributed by atoms with Crippen molar-refractivity contribution in [2.45, 2.75) is 25.4 Å². The first kappa shape index (κ1) is 17.8. The first-order chi connectivity index (χ1) is 12.2. The molecule has 8 heteroatoms. The minimum Gasteiger partial charge on any atom is -0.496 e. The predicted molar refractivity (Wildman–Crippen MR) is 96.6 cm³/mol. The van der Waals surface area contributed by atoms with E-state index in [2.05, 4.69) is 20.8 Å². The van der Waals surface area contributed by atoms with E-state index in [1.54, 1.807) is 7.11 Å². The van der Waals surface area contributed by atoms with Crippen molar-refractivity contribution in [3.63, 3.8) is 0 Å². The average Bonchev–Trinajstić information content (AvgIpc) is 3.12. The van der Waals surface area contributed by atoms with E-state index in [9.17, 15) is 4.79 Å². The van der Waals surface area contributed by atoms with Crippen molar-refractivity contribution in [3.05, 3.63) is 30.2 Å². The number of thioether (sulfide) groups is 1. The first-order valence-electron chi connectivity index (χ1n) is 8.25. The fraction of sp³-hybridized carbons (Fsp3) is 0.471. The van der Waals surface area contributed by atoms with Crippen LogP contribution in [-0.4, -0.2) is 47.2 Å². The summed E-state index contributed by atoms with van der Waals surface area (Å²) in [7, 11) is 1.60. The lowest BCUT2D eigenvalue weighted by Crippen LogP contribution is -2.41. The van der Waals surface area contributed by atoms with E-state index in [1.807, 2.05) is 43.0 Å². The summed E-state index contributed by atoms with van der Waals surface area (Å²) in [4.78, 5) is 16.6. The second-order valence-corrected chi connectivity index (χ2v) is 7.03. The number of benzene rings is 1. The van der Waals surface area contributed by atoms with Gasteiger partial charge in [0.25, 0.3) is 0 Å². The van der Waals surface area contributed by atoms with Gasteiger partial charge in [0, 0.05) is 30.5 Å². The molecule has 134 valence electrons. The summed E-state index contributed by atoms with van der Waals surface area (Å²) in [6, 6.07) is 7.34. The number of hydrogen-bond acceptors (Lipinski definition) is 7. The van der Waals surface area contributed by atoms with Gasteiger partial charge in [0.05, 0.1) is 12.7 Å². The van der Waals surface area contributed by atoms with Gasteiger partial charge in [-0.3, -0.25) is 4.79 Å². The number of methoxy groups -OCH3 is 1. The largest absolute Gasteiger partial charge is 0.496 e. The maximum absolute atomic E-state index is 12.2. The van der Waals surface area contributed by atoms with Crippen LogP contribution in [0.2, 0.25) is 0 Å². The summed E-state index contributed by atoms with van der Waals surface area (Å²) in [6.45, 7) is 2.78. The predicted octanol–water partition coefficient (Wildman–Crippen LogP) is 2.02. The van der Waals surface area contributed by atoms with Crippen LogP contribution >= 0.6 is 11.8 Å². The Hall–Kier alpha value is -2.06. The third-order valence-electron chi connectivity index (χ3n) is 3.97. The molecule has 1 aliphatic rings. The van der Waals surface area contributed by atoms with Gasteiger partial charge in [0.2, 0.25) is 17.6 Å². The summed E-state index contributed by atoms with van der Waals surface area (Å²) in [6.07, 6.45) is 0.449. The van der Waals surface area contributed by atoms with Crippen LogP contribution in [-0.2, 0) is 4.79 Å². The van der Waals surface area contributed by atoms with E-state index >= 15 is 0 Å². The monoisotopic (exact) mass is 362 g/mol. The van der Waals surface area contributed by atoms with Crippen molar-refractivity contribution in [1.82, 2.24) is 20.8 Å². The van der Waals surface area contributed by atoms with E-state index < -0.39 is 0 Å². The molecule has 1 aromatic carbocycles. The van der Waals surface area contributed by atoms with Crippen LogP contribution < -0.4 is 15.4 Å². The van der Waals surface area contributed by atoms with Crippen LogP contribution in [0.25, 0.3) is 11.4 Å². The molecule has 1 aromatic heterocycles. The first-order valence-corrected chi connectivity index (χ1v) is 9.40. The van der Waals surface area contributed by atoms with E-state index in [4.69, 9.17) is 9.26 Å². The van der Waals surface area contributed by atoms with Gasteiger partial charge in [-0.15, -0.1) is 0 Å². The third kappa shape index (κ3) is 4.52. The highest BCUT2D eigenvalue weighted by Crippen LogP contribution is 2.28. The zero-order valence-corrected chi connectivity index (χ0v) is 15.1. The lowest BCUT2D eigenvalue weighted by molar-refractivity contribution is -0.122. The van der Waals surface area contributed by atoms with E-state index in [1.165, 1.54) is 0 Å². The molecule has 0 saturated carbocycles. The Bertz CT molecular complexity index is 715. The number of aromatic nitrogens is 2. The highest BCUT2D eigenvalue weighted by Gasteiger charge is 2.21. The molecule has 2 N–H and O–H groups in total. The van der Waals surface area contributed by atoms with E-state index in [0.717, 1.165) is 23.6 Å². The Kier molecular flexibility index (Phi) is 5.93. The van der Waals surface area contributed by atoms with Gasteiger partial charge >= 0.3 is 0 Å². The van der Waals surface area contributed by atoms with Crippen molar-refractivity contribution >= 4 is 17.7 Å². The standard InChI is InChI=1S/C17H22N4O3S/c1-11(19-15(22)9-12-10-25-8-7-18-12)17-20-16(21-24-17)13-5-3-4-6-14(13)23-2/h3-6,11-12,18H,7-10H2,1-2H3,(H,19,22). The minimum absolute atomic E-state index is 0.0236.